The number of hydrogen-bond acceptors (Lipinski definition) is 2. The van der Waals surface area contributed by atoms with Crippen LogP contribution in [0.1, 0.15) is 17.2 Å². The van der Waals surface area contributed by atoms with Gasteiger partial charge in [-0.2, -0.15) is 0 Å². The SMILES string of the molecule is C[Si](C)(C)N/C(=C\C(N[Si](C)(C)C)c1ccccc1)c1ccccc1. The van der Waals surface area contributed by atoms with Crippen molar-refractivity contribution in [2.75, 3.05) is 0 Å². The fourth-order valence-corrected chi connectivity index (χ4v) is 4.97. The third-order valence-corrected chi connectivity index (χ3v) is 5.87. The third-order valence-electron chi connectivity index (χ3n) is 3.67. The number of nitrogens with one attached hydrogen (secondary N) is 2. The maximum absolute atomic E-state index is 3.90. The molecule has 2 N–H and O–H groups in total. The quantitative estimate of drug-likeness (QED) is 0.620. The van der Waals surface area contributed by atoms with Crippen LogP contribution in [-0.4, -0.2) is 16.5 Å². The fraction of sp³-hybridized carbons (Fsp3) is 0.333. The Balaban J connectivity index is 2.47. The van der Waals surface area contributed by atoms with E-state index in [-0.39, 0.29) is 6.04 Å². The predicted octanol–water partition coefficient (Wildman–Crippen LogP) is 5.62. The van der Waals surface area contributed by atoms with Gasteiger partial charge in [-0.05, 0) is 17.2 Å². The molecule has 0 radical (unpaired) electrons. The Hall–Kier alpha value is -1.63. The summed E-state index contributed by atoms with van der Waals surface area (Å²) in [5.41, 5.74) is 3.80. The average molecular weight is 369 g/mol. The smallest absolute Gasteiger partial charge is 0.144 e. The van der Waals surface area contributed by atoms with Gasteiger partial charge in [-0.25, -0.2) is 0 Å². The Morgan fingerprint density at radius 3 is 1.76 bits per heavy atom. The van der Waals surface area contributed by atoms with Crippen LogP contribution in [0, 0.1) is 0 Å². The first-order valence-corrected chi connectivity index (χ1v) is 16.0. The summed E-state index contributed by atoms with van der Waals surface area (Å²) in [6, 6.07) is 21.6. The molecule has 0 bridgehead atoms. The van der Waals surface area contributed by atoms with Crippen LogP contribution in [-0.2, 0) is 0 Å². The van der Waals surface area contributed by atoms with E-state index in [2.05, 4.69) is 116 Å². The van der Waals surface area contributed by atoms with E-state index in [9.17, 15) is 0 Å². The highest BCUT2D eigenvalue weighted by Gasteiger charge is 2.22. The molecule has 1 atom stereocenters. The van der Waals surface area contributed by atoms with E-state index < -0.39 is 16.5 Å². The van der Waals surface area contributed by atoms with Gasteiger partial charge in [-0.15, -0.1) is 0 Å². The van der Waals surface area contributed by atoms with Gasteiger partial charge in [0, 0.05) is 11.7 Å². The van der Waals surface area contributed by atoms with Gasteiger partial charge in [0.1, 0.15) is 16.5 Å². The topological polar surface area (TPSA) is 24.1 Å². The molecule has 0 aliphatic carbocycles. The van der Waals surface area contributed by atoms with E-state index in [1.54, 1.807) is 0 Å². The van der Waals surface area contributed by atoms with E-state index in [4.69, 9.17) is 0 Å². The Morgan fingerprint density at radius 1 is 0.760 bits per heavy atom. The molecular formula is C21H32N2Si2. The van der Waals surface area contributed by atoms with Crippen LogP contribution in [0.5, 0.6) is 0 Å². The molecule has 1 unspecified atom stereocenters. The van der Waals surface area contributed by atoms with Gasteiger partial charge < -0.3 is 9.96 Å². The molecular weight excluding hydrogens is 336 g/mol. The van der Waals surface area contributed by atoms with Crippen LogP contribution in [0.25, 0.3) is 5.70 Å². The second kappa shape index (κ2) is 8.17. The summed E-state index contributed by atoms with van der Waals surface area (Å²) in [6.45, 7) is 14.1. The minimum atomic E-state index is -1.46. The van der Waals surface area contributed by atoms with Crippen LogP contribution in [0.3, 0.4) is 0 Å². The summed E-state index contributed by atoms with van der Waals surface area (Å²) in [6.07, 6.45) is 2.38. The maximum Gasteiger partial charge on any atom is 0.144 e. The van der Waals surface area contributed by atoms with Crippen molar-refractivity contribution in [2.24, 2.45) is 0 Å². The minimum Gasteiger partial charge on any atom is -0.410 e. The molecule has 2 nitrogen and oxygen atoms in total. The van der Waals surface area contributed by atoms with Gasteiger partial charge in [0.2, 0.25) is 0 Å². The summed E-state index contributed by atoms with van der Waals surface area (Å²) in [5.74, 6) is 0. The van der Waals surface area contributed by atoms with Crippen LogP contribution in [0.15, 0.2) is 66.7 Å². The lowest BCUT2D eigenvalue weighted by molar-refractivity contribution is 0.791. The van der Waals surface area contributed by atoms with Gasteiger partial charge in [-0.3, -0.25) is 0 Å². The zero-order valence-corrected chi connectivity index (χ0v) is 18.4. The number of benzene rings is 2. The van der Waals surface area contributed by atoms with Gasteiger partial charge in [-0.1, -0.05) is 99.9 Å². The zero-order valence-electron chi connectivity index (χ0n) is 16.4. The van der Waals surface area contributed by atoms with E-state index in [0.717, 1.165) is 0 Å². The standard InChI is InChI=1S/C21H32N2Si2/c1-24(2,3)22-20(18-13-9-7-10-14-18)17-21(23-25(4,5)6)19-15-11-8-12-16-19/h7-17,20,22-23H,1-6H3/b21-17-. The van der Waals surface area contributed by atoms with E-state index in [1.165, 1.54) is 16.8 Å². The molecule has 2 aromatic rings. The van der Waals surface area contributed by atoms with Crippen LogP contribution < -0.4 is 9.96 Å². The van der Waals surface area contributed by atoms with Gasteiger partial charge in [0.05, 0.1) is 0 Å². The Bertz CT molecular complexity index is 683. The van der Waals surface area contributed by atoms with E-state index >= 15 is 0 Å². The van der Waals surface area contributed by atoms with Gasteiger partial charge in [0.25, 0.3) is 0 Å². The Kier molecular flexibility index (Phi) is 6.44. The molecule has 0 aromatic heterocycles. The van der Waals surface area contributed by atoms with E-state index in [0.29, 0.717) is 0 Å². The molecule has 0 spiro atoms. The molecule has 0 heterocycles. The Morgan fingerprint density at radius 2 is 1.28 bits per heavy atom. The molecule has 0 aliphatic heterocycles. The highest BCUT2D eigenvalue weighted by molar-refractivity contribution is 6.75. The average Bonchev–Trinajstić information content (AvgIpc) is 2.53. The molecule has 2 rings (SSSR count). The summed E-state index contributed by atoms with van der Waals surface area (Å²) in [5, 5.41) is 0. The summed E-state index contributed by atoms with van der Waals surface area (Å²) >= 11 is 0. The van der Waals surface area contributed by atoms with Crippen molar-refractivity contribution in [3.8, 4) is 0 Å². The predicted molar refractivity (Wildman–Crippen MR) is 117 cm³/mol. The van der Waals surface area contributed by atoms with Crippen molar-refractivity contribution in [1.82, 2.24) is 9.96 Å². The van der Waals surface area contributed by atoms with Crippen LogP contribution in [0.4, 0.5) is 0 Å². The number of hydrogen-bond donors (Lipinski definition) is 2. The molecule has 0 saturated heterocycles. The van der Waals surface area contributed by atoms with Crippen molar-refractivity contribution < 1.29 is 0 Å². The maximum atomic E-state index is 3.90. The first kappa shape index (κ1) is 19.7. The summed E-state index contributed by atoms with van der Waals surface area (Å²) in [4.78, 5) is 7.73. The monoisotopic (exact) mass is 368 g/mol. The highest BCUT2D eigenvalue weighted by atomic mass is 28.3. The largest absolute Gasteiger partial charge is 0.410 e. The molecule has 0 amide bonds. The van der Waals surface area contributed by atoms with Crippen LogP contribution in [0.2, 0.25) is 39.3 Å². The zero-order chi connectivity index (χ0) is 18.5. The lowest BCUT2D eigenvalue weighted by Gasteiger charge is -2.28. The Labute approximate surface area is 155 Å². The van der Waals surface area contributed by atoms with Crippen LogP contribution >= 0.6 is 0 Å². The molecule has 134 valence electrons. The first-order chi connectivity index (χ1) is 11.6. The second-order valence-corrected chi connectivity index (χ2v) is 18.1. The molecule has 2 aromatic carbocycles. The lowest BCUT2D eigenvalue weighted by Crippen LogP contribution is -2.44. The molecule has 0 fully saturated rings. The van der Waals surface area contributed by atoms with Gasteiger partial charge in [0.15, 0.2) is 0 Å². The fourth-order valence-electron chi connectivity index (χ4n) is 2.75. The van der Waals surface area contributed by atoms with Crippen molar-refractivity contribution in [1.29, 1.82) is 0 Å². The third kappa shape index (κ3) is 7.02. The van der Waals surface area contributed by atoms with Crippen molar-refractivity contribution in [3.05, 3.63) is 77.9 Å². The number of rotatable bonds is 7. The molecule has 0 aliphatic rings. The summed E-state index contributed by atoms with van der Waals surface area (Å²) in [7, 11) is -2.90. The molecule has 25 heavy (non-hydrogen) atoms. The summed E-state index contributed by atoms with van der Waals surface area (Å²) < 4.78 is 0. The molecule has 0 saturated carbocycles. The first-order valence-electron chi connectivity index (χ1n) is 9.02. The van der Waals surface area contributed by atoms with Crippen molar-refractivity contribution in [2.45, 2.75) is 45.3 Å². The van der Waals surface area contributed by atoms with Gasteiger partial charge >= 0.3 is 0 Å². The second-order valence-electron chi connectivity index (χ2n) is 8.60. The van der Waals surface area contributed by atoms with Crippen molar-refractivity contribution >= 4 is 22.2 Å². The molecule has 4 heteroatoms. The highest BCUT2D eigenvalue weighted by Crippen LogP contribution is 2.23. The van der Waals surface area contributed by atoms with Crippen molar-refractivity contribution in [3.63, 3.8) is 0 Å². The normalized spacial score (nSPS) is 14.2. The lowest BCUT2D eigenvalue weighted by atomic mass is 10.0. The minimum absolute atomic E-state index is 0.215. The van der Waals surface area contributed by atoms with E-state index in [1.807, 2.05) is 0 Å².